The van der Waals surface area contributed by atoms with Gasteiger partial charge in [-0.2, -0.15) is 5.26 Å². The molecule has 166 valence electrons. The highest BCUT2D eigenvalue weighted by atomic mass is 16.5. The van der Waals surface area contributed by atoms with E-state index in [4.69, 9.17) is 9.15 Å². The Labute approximate surface area is 191 Å². The van der Waals surface area contributed by atoms with Crippen molar-refractivity contribution < 1.29 is 9.15 Å². The number of aryl methyl sites for hydroxylation is 2. The number of benzene rings is 2. The van der Waals surface area contributed by atoms with Gasteiger partial charge in [-0.3, -0.25) is 9.36 Å². The third-order valence-corrected chi connectivity index (χ3v) is 5.32. The Morgan fingerprint density at radius 2 is 2.00 bits per heavy atom. The largest absolute Gasteiger partial charge is 0.423 e. The first-order chi connectivity index (χ1) is 16.0. The Kier molecular flexibility index (Phi) is 6.38. The van der Waals surface area contributed by atoms with Crippen molar-refractivity contribution in [2.24, 2.45) is 0 Å². The van der Waals surface area contributed by atoms with Gasteiger partial charge in [0.2, 0.25) is 0 Å². The van der Waals surface area contributed by atoms with Crippen LogP contribution in [0.1, 0.15) is 29.2 Å². The number of hydrogen-bond acceptors (Lipinski definition) is 6. The summed E-state index contributed by atoms with van der Waals surface area (Å²) in [6, 6.07) is 17.3. The van der Waals surface area contributed by atoms with Gasteiger partial charge in [-0.25, -0.2) is 4.98 Å². The van der Waals surface area contributed by atoms with Gasteiger partial charge in [-0.05, 0) is 62.2 Å². The number of pyridine rings is 1. The third kappa shape index (κ3) is 4.71. The number of anilines is 2. The monoisotopic (exact) mass is 440 g/mol. The fourth-order valence-corrected chi connectivity index (χ4v) is 3.46. The van der Waals surface area contributed by atoms with Gasteiger partial charge in [0.1, 0.15) is 6.07 Å². The second-order valence-corrected chi connectivity index (χ2v) is 7.65. The van der Waals surface area contributed by atoms with Crippen molar-refractivity contribution in [2.45, 2.75) is 27.4 Å². The Bertz CT molecular complexity index is 1400. The zero-order valence-corrected chi connectivity index (χ0v) is 18.8. The van der Waals surface area contributed by atoms with Crippen LogP contribution in [0.25, 0.3) is 17.0 Å². The molecule has 2 heterocycles. The number of nitrogens with zero attached hydrogens (tertiary/aromatic N) is 3. The first-order valence-corrected chi connectivity index (χ1v) is 10.6. The minimum absolute atomic E-state index is 0.173. The van der Waals surface area contributed by atoms with E-state index in [2.05, 4.69) is 16.4 Å². The molecule has 0 saturated heterocycles. The van der Waals surface area contributed by atoms with Crippen LogP contribution in [0, 0.1) is 25.2 Å². The predicted octanol–water partition coefficient (Wildman–Crippen LogP) is 5.26. The lowest BCUT2D eigenvalue weighted by atomic mass is 10.1. The molecule has 4 rings (SSSR count). The molecule has 4 aromatic rings. The zero-order valence-electron chi connectivity index (χ0n) is 18.8. The number of aromatic nitrogens is 2. The number of nitrogens with one attached hydrogen (secondary N) is 1. The molecule has 2 aromatic heterocycles. The minimum atomic E-state index is -0.173. The molecule has 0 unspecified atom stereocenters. The van der Waals surface area contributed by atoms with Crippen LogP contribution in [0.4, 0.5) is 11.7 Å². The molecule has 2 aromatic carbocycles. The van der Waals surface area contributed by atoms with Gasteiger partial charge in [0.25, 0.3) is 11.6 Å². The molecule has 7 heteroatoms. The highest BCUT2D eigenvalue weighted by molar-refractivity contribution is 5.66. The highest BCUT2D eigenvalue weighted by Gasteiger charge is 2.13. The fourth-order valence-electron chi connectivity index (χ4n) is 3.46. The zero-order chi connectivity index (χ0) is 23.4. The molecular weight excluding hydrogens is 416 g/mol. The maximum Gasteiger partial charge on any atom is 0.299 e. The van der Waals surface area contributed by atoms with Crippen LogP contribution in [0.15, 0.2) is 70.1 Å². The maximum atomic E-state index is 12.6. The van der Waals surface area contributed by atoms with Gasteiger partial charge in [0, 0.05) is 29.6 Å². The summed E-state index contributed by atoms with van der Waals surface area (Å²) in [5.74, 6) is 0.520. The van der Waals surface area contributed by atoms with Crippen LogP contribution >= 0.6 is 0 Å². The fraction of sp³-hybridized carbons (Fsp3) is 0.192. The molecular formula is C26H24N4O3. The molecule has 0 aliphatic rings. The van der Waals surface area contributed by atoms with Crippen LogP contribution in [0.3, 0.4) is 0 Å². The standard InChI is InChI=1S/C26H24N4O3/c1-4-32-16-19-8-7-17(2)22(12-19)29-26-28-15-24(33-26)20-9-10-21(14-27)23(13-20)30-11-5-6-18(3)25(30)31/h5-13,15H,4,16H2,1-3H3,(H,28,29). The van der Waals surface area contributed by atoms with Crippen LogP contribution in [0.2, 0.25) is 0 Å². The molecule has 0 atom stereocenters. The van der Waals surface area contributed by atoms with Gasteiger partial charge < -0.3 is 14.5 Å². The molecule has 0 spiro atoms. The molecule has 0 saturated carbocycles. The summed E-state index contributed by atoms with van der Waals surface area (Å²) in [5.41, 5.74) is 5.01. The van der Waals surface area contributed by atoms with Crippen LogP contribution in [-0.4, -0.2) is 16.2 Å². The maximum absolute atomic E-state index is 12.6. The molecule has 0 aliphatic heterocycles. The second kappa shape index (κ2) is 9.55. The quantitative estimate of drug-likeness (QED) is 0.421. The normalized spacial score (nSPS) is 10.7. The SMILES string of the molecule is CCOCc1ccc(C)c(Nc2ncc(-c3ccc(C#N)c(-n4cccc(C)c4=O)c3)o2)c1. The van der Waals surface area contributed by atoms with Gasteiger partial charge in [-0.15, -0.1) is 0 Å². The predicted molar refractivity (Wildman–Crippen MR) is 127 cm³/mol. The van der Waals surface area contributed by atoms with Crippen molar-refractivity contribution in [1.82, 2.24) is 9.55 Å². The second-order valence-electron chi connectivity index (χ2n) is 7.65. The van der Waals surface area contributed by atoms with Gasteiger partial charge in [0.15, 0.2) is 5.76 Å². The van der Waals surface area contributed by atoms with E-state index in [1.807, 2.05) is 32.0 Å². The van der Waals surface area contributed by atoms with Crippen LogP contribution in [-0.2, 0) is 11.3 Å². The smallest absolute Gasteiger partial charge is 0.299 e. The molecule has 0 fully saturated rings. The van der Waals surface area contributed by atoms with E-state index >= 15 is 0 Å². The van der Waals surface area contributed by atoms with E-state index < -0.39 is 0 Å². The number of nitriles is 1. The summed E-state index contributed by atoms with van der Waals surface area (Å²) < 4.78 is 12.9. The van der Waals surface area contributed by atoms with Gasteiger partial charge in [-0.1, -0.05) is 18.2 Å². The summed E-state index contributed by atoms with van der Waals surface area (Å²) in [6.07, 6.45) is 3.27. The number of hydrogen-bond donors (Lipinski definition) is 1. The summed E-state index contributed by atoms with van der Waals surface area (Å²) in [7, 11) is 0. The summed E-state index contributed by atoms with van der Waals surface area (Å²) in [6.45, 7) is 6.90. The van der Waals surface area contributed by atoms with Gasteiger partial charge >= 0.3 is 0 Å². The van der Waals surface area contributed by atoms with E-state index in [0.717, 1.165) is 16.8 Å². The molecule has 0 aliphatic carbocycles. The summed E-state index contributed by atoms with van der Waals surface area (Å²) in [4.78, 5) is 17.0. The summed E-state index contributed by atoms with van der Waals surface area (Å²) in [5, 5.41) is 12.8. The van der Waals surface area contributed by atoms with Crippen LogP contribution < -0.4 is 10.9 Å². The van der Waals surface area contributed by atoms with Crippen LogP contribution in [0.5, 0.6) is 0 Å². The molecule has 7 nitrogen and oxygen atoms in total. The lowest BCUT2D eigenvalue weighted by molar-refractivity contribution is 0.134. The van der Waals surface area contributed by atoms with Crippen molar-refractivity contribution in [3.63, 3.8) is 0 Å². The van der Waals surface area contributed by atoms with Crippen molar-refractivity contribution >= 4 is 11.7 Å². The van der Waals surface area contributed by atoms with E-state index in [9.17, 15) is 10.1 Å². The van der Waals surface area contributed by atoms with E-state index in [1.165, 1.54) is 4.57 Å². The average Bonchev–Trinajstić information content (AvgIpc) is 3.29. The Balaban J connectivity index is 1.65. The first-order valence-electron chi connectivity index (χ1n) is 10.6. The molecule has 1 N–H and O–H groups in total. The Morgan fingerprint density at radius 1 is 1.15 bits per heavy atom. The molecule has 0 bridgehead atoms. The van der Waals surface area contributed by atoms with E-state index in [-0.39, 0.29) is 5.56 Å². The molecule has 33 heavy (non-hydrogen) atoms. The van der Waals surface area contributed by atoms with Crippen molar-refractivity contribution in [3.05, 3.63) is 93.5 Å². The van der Waals surface area contributed by atoms with E-state index in [0.29, 0.717) is 47.4 Å². The van der Waals surface area contributed by atoms with Gasteiger partial charge in [0.05, 0.1) is 24.1 Å². The molecule has 0 radical (unpaired) electrons. The lowest BCUT2D eigenvalue weighted by Gasteiger charge is -2.10. The first kappa shape index (κ1) is 22.1. The van der Waals surface area contributed by atoms with E-state index in [1.54, 1.807) is 49.6 Å². The average molecular weight is 441 g/mol. The minimum Gasteiger partial charge on any atom is -0.423 e. The Hall–Kier alpha value is -4.15. The molecule has 0 amide bonds. The number of oxazole rings is 1. The topological polar surface area (TPSA) is 93.1 Å². The lowest BCUT2D eigenvalue weighted by Crippen LogP contribution is -2.20. The van der Waals surface area contributed by atoms with Crippen molar-refractivity contribution in [3.8, 4) is 23.1 Å². The van der Waals surface area contributed by atoms with Crippen molar-refractivity contribution in [2.75, 3.05) is 11.9 Å². The number of rotatable bonds is 7. The van der Waals surface area contributed by atoms with Crippen molar-refractivity contribution in [1.29, 1.82) is 5.26 Å². The third-order valence-electron chi connectivity index (χ3n) is 5.32. The number of ether oxygens (including phenoxy) is 1. The Morgan fingerprint density at radius 3 is 2.79 bits per heavy atom. The summed E-state index contributed by atoms with van der Waals surface area (Å²) >= 11 is 0. The highest BCUT2D eigenvalue weighted by Crippen LogP contribution is 2.28.